The Kier molecular flexibility index (Phi) is 7.66. The Morgan fingerprint density at radius 2 is 1.22 bits per heavy atom. The quantitative estimate of drug-likeness (QED) is 0.499. The molecule has 0 N–H and O–H groups in total. The van der Waals surface area contributed by atoms with Crippen molar-refractivity contribution in [1.82, 2.24) is 0 Å². The summed E-state index contributed by atoms with van der Waals surface area (Å²) in [6, 6.07) is 0. The number of hydrogen-bond acceptors (Lipinski definition) is 3. The summed E-state index contributed by atoms with van der Waals surface area (Å²) in [6.07, 6.45) is 0. The van der Waals surface area contributed by atoms with Crippen LogP contribution in [0.4, 0.5) is 0 Å². The third-order valence-corrected chi connectivity index (χ3v) is 0.933. The van der Waals surface area contributed by atoms with Crippen molar-refractivity contribution in [2.45, 2.75) is 5.97 Å². The van der Waals surface area contributed by atoms with Gasteiger partial charge in [-0.1, -0.05) is 0 Å². The van der Waals surface area contributed by atoms with Gasteiger partial charge in [-0.3, -0.25) is 6.92 Å². The maximum atomic E-state index is 4.68. The Morgan fingerprint density at radius 1 is 1.00 bits per heavy atom. The van der Waals surface area contributed by atoms with Gasteiger partial charge in [0.1, 0.15) is 5.97 Å². The van der Waals surface area contributed by atoms with Gasteiger partial charge >= 0.3 is 0 Å². The van der Waals surface area contributed by atoms with Crippen LogP contribution in [-0.4, -0.2) is 27.3 Å². The summed E-state index contributed by atoms with van der Waals surface area (Å²) in [4.78, 5) is 0. The van der Waals surface area contributed by atoms with Gasteiger partial charge in [-0.2, -0.15) is 0 Å². The van der Waals surface area contributed by atoms with E-state index in [2.05, 4.69) is 21.1 Å². The zero-order valence-electron chi connectivity index (χ0n) is 5.93. The van der Waals surface area contributed by atoms with Crippen LogP contribution in [0.25, 0.3) is 0 Å². The summed E-state index contributed by atoms with van der Waals surface area (Å²) < 4.78 is 14.0. The number of rotatable bonds is 3. The molecule has 0 radical (unpaired) electrons. The zero-order valence-corrected chi connectivity index (χ0v) is 8.39. The van der Waals surface area contributed by atoms with E-state index in [9.17, 15) is 0 Å². The molecule has 54 valence electrons. The minimum absolute atomic E-state index is 0. The second-order valence-electron chi connectivity index (χ2n) is 1.30. The van der Waals surface area contributed by atoms with Gasteiger partial charge in [-0.25, -0.2) is 0 Å². The van der Waals surface area contributed by atoms with E-state index in [1.165, 1.54) is 21.3 Å². The average Bonchev–Trinajstić information content (AvgIpc) is 1.87. The molecule has 0 saturated carbocycles. The summed E-state index contributed by atoms with van der Waals surface area (Å²) >= 11 is 0. The molecule has 0 fully saturated rings. The van der Waals surface area contributed by atoms with Crippen LogP contribution < -0.4 is 0 Å². The molecule has 0 heterocycles. The molecule has 4 heteroatoms. The first-order valence-electron chi connectivity index (χ1n) is 2.19. The van der Waals surface area contributed by atoms with Gasteiger partial charge in [-0.15, -0.1) is 0 Å². The number of ether oxygens (including phenoxy) is 3. The Morgan fingerprint density at radius 3 is 1.22 bits per heavy atom. The van der Waals surface area contributed by atoms with Gasteiger partial charge in [0.15, 0.2) is 0 Å². The van der Waals surface area contributed by atoms with Crippen molar-refractivity contribution in [2.24, 2.45) is 0 Å². The van der Waals surface area contributed by atoms with Gasteiger partial charge < -0.3 is 14.2 Å². The summed E-state index contributed by atoms with van der Waals surface area (Å²) in [5.74, 6) is -1.12. The molecule has 0 aromatic heterocycles. The van der Waals surface area contributed by atoms with Crippen molar-refractivity contribution in [3.05, 3.63) is 6.92 Å². The SMILES string of the molecule is [CH2-]C(OC)(OC)OC.[Zr]. The fraction of sp³-hybridized carbons (Fsp3) is 0.800. The predicted molar refractivity (Wildman–Crippen MR) is 29.1 cm³/mol. The van der Waals surface area contributed by atoms with E-state index in [0.29, 0.717) is 0 Å². The van der Waals surface area contributed by atoms with Crippen LogP contribution >= 0.6 is 0 Å². The maximum absolute atomic E-state index is 4.68. The van der Waals surface area contributed by atoms with Gasteiger partial charge in [0.2, 0.25) is 0 Å². The first kappa shape index (κ1) is 12.4. The number of methoxy groups -OCH3 is 3. The molecule has 0 rings (SSSR count). The molecule has 0 spiro atoms. The van der Waals surface area contributed by atoms with Crippen molar-refractivity contribution in [3.8, 4) is 0 Å². The van der Waals surface area contributed by atoms with Crippen LogP contribution in [0.5, 0.6) is 0 Å². The molecular weight excluding hydrogens is 199 g/mol. The van der Waals surface area contributed by atoms with E-state index < -0.39 is 5.97 Å². The summed E-state index contributed by atoms with van der Waals surface area (Å²) in [7, 11) is 4.38. The Labute approximate surface area is 74.8 Å². The molecule has 0 aromatic carbocycles. The van der Waals surface area contributed by atoms with Crippen LogP contribution in [0.2, 0.25) is 0 Å². The molecule has 0 aromatic rings. The largest absolute Gasteiger partial charge is 0.358 e. The molecule has 0 unspecified atom stereocenters. The summed E-state index contributed by atoms with van der Waals surface area (Å²) in [5, 5.41) is 0. The van der Waals surface area contributed by atoms with E-state index in [1.54, 1.807) is 0 Å². The molecule has 0 aliphatic carbocycles. The van der Waals surface area contributed by atoms with Crippen LogP contribution in [0.3, 0.4) is 0 Å². The average molecular weight is 210 g/mol. The Balaban J connectivity index is 0. The smallest absolute Gasteiger partial charge is 0.145 e. The van der Waals surface area contributed by atoms with E-state index >= 15 is 0 Å². The molecule has 9 heavy (non-hydrogen) atoms. The molecule has 0 aliphatic rings. The third kappa shape index (κ3) is 4.21. The first-order valence-corrected chi connectivity index (χ1v) is 2.19. The first-order chi connectivity index (χ1) is 3.68. The molecule has 0 amide bonds. The Hall–Kier alpha value is 0.763. The molecule has 0 bridgehead atoms. The van der Waals surface area contributed by atoms with Crippen molar-refractivity contribution < 1.29 is 40.4 Å². The minimum Gasteiger partial charge on any atom is -0.358 e. The van der Waals surface area contributed by atoms with E-state index in [1.807, 2.05) is 0 Å². The minimum atomic E-state index is -1.12. The van der Waals surface area contributed by atoms with E-state index in [4.69, 9.17) is 0 Å². The van der Waals surface area contributed by atoms with Crippen LogP contribution in [0, 0.1) is 6.92 Å². The van der Waals surface area contributed by atoms with E-state index in [0.717, 1.165) is 0 Å². The standard InChI is InChI=1S/C5H11O3.Zr/c1-5(6-2,7-3)8-4;/h1H2,2-4H3;/q-1;. The topological polar surface area (TPSA) is 27.7 Å². The fourth-order valence-electron chi connectivity index (χ4n) is 0.250. The van der Waals surface area contributed by atoms with Gasteiger partial charge in [0, 0.05) is 47.5 Å². The fourth-order valence-corrected chi connectivity index (χ4v) is 0.250. The van der Waals surface area contributed by atoms with Gasteiger partial charge in [0.25, 0.3) is 0 Å². The summed E-state index contributed by atoms with van der Waals surface area (Å²) in [5.41, 5.74) is 0. The molecule has 0 saturated heterocycles. The van der Waals surface area contributed by atoms with Crippen molar-refractivity contribution in [2.75, 3.05) is 21.3 Å². The number of hydrogen-bond donors (Lipinski definition) is 0. The van der Waals surface area contributed by atoms with Crippen LogP contribution in [0.15, 0.2) is 0 Å². The third-order valence-electron chi connectivity index (χ3n) is 0.933. The van der Waals surface area contributed by atoms with Gasteiger partial charge in [-0.05, 0) is 0 Å². The molecule has 0 aliphatic heterocycles. The normalized spacial score (nSPS) is 10.7. The van der Waals surface area contributed by atoms with Crippen molar-refractivity contribution in [1.29, 1.82) is 0 Å². The second kappa shape index (κ2) is 5.54. The van der Waals surface area contributed by atoms with E-state index in [-0.39, 0.29) is 26.2 Å². The summed E-state index contributed by atoms with van der Waals surface area (Å²) in [6.45, 7) is 3.46. The second-order valence-corrected chi connectivity index (χ2v) is 1.30. The van der Waals surface area contributed by atoms with Gasteiger partial charge in [0.05, 0.1) is 0 Å². The molecule has 3 nitrogen and oxygen atoms in total. The van der Waals surface area contributed by atoms with Crippen LogP contribution in [0.1, 0.15) is 0 Å². The monoisotopic (exact) mass is 209 g/mol. The predicted octanol–water partition coefficient (Wildman–Crippen LogP) is 0.411. The van der Waals surface area contributed by atoms with Crippen LogP contribution in [-0.2, 0) is 40.4 Å². The Bertz CT molecular complexity index is 55.0. The maximum Gasteiger partial charge on any atom is 0.145 e. The van der Waals surface area contributed by atoms with Crippen molar-refractivity contribution >= 4 is 0 Å². The molecular formula is C5H11O3Zr-. The molecule has 0 atom stereocenters. The zero-order chi connectivity index (χ0) is 6.62. The van der Waals surface area contributed by atoms with Crippen molar-refractivity contribution in [3.63, 3.8) is 0 Å².